The van der Waals surface area contributed by atoms with Crippen molar-refractivity contribution in [1.29, 1.82) is 0 Å². The molecule has 3 heterocycles. The molecule has 1 atom stereocenters. The number of ether oxygens (including phenoxy) is 1. The molecule has 7 nitrogen and oxygen atoms in total. The van der Waals surface area contributed by atoms with Crippen LogP contribution in [0.25, 0.3) is 0 Å². The van der Waals surface area contributed by atoms with E-state index in [-0.39, 0.29) is 11.8 Å². The van der Waals surface area contributed by atoms with Crippen molar-refractivity contribution in [1.82, 2.24) is 19.4 Å². The average molecular weight is 349 g/mol. The van der Waals surface area contributed by atoms with Crippen molar-refractivity contribution in [3.63, 3.8) is 0 Å². The average Bonchev–Trinajstić information content (AvgIpc) is 2.95. The van der Waals surface area contributed by atoms with Crippen LogP contribution in [0.15, 0.2) is 12.4 Å². The first-order chi connectivity index (χ1) is 12.0. The lowest BCUT2D eigenvalue weighted by Crippen LogP contribution is -2.44. The number of aromatic nitrogens is 2. The monoisotopic (exact) mass is 349 g/mol. The van der Waals surface area contributed by atoms with Crippen molar-refractivity contribution in [2.45, 2.75) is 45.3 Å². The van der Waals surface area contributed by atoms with Crippen molar-refractivity contribution < 1.29 is 9.53 Å². The molecule has 2 saturated heterocycles. The summed E-state index contributed by atoms with van der Waals surface area (Å²) >= 11 is 0. The van der Waals surface area contributed by atoms with Gasteiger partial charge in [-0.05, 0) is 26.7 Å². The van der Waals surface area contributed by atoms with Gasteiger partial charge in [0.05, 0.1) is 12.5 Å². The Kier molecular flexibility index (Phi) is 6.09. The zero-order valence-corrected chi connectivity index (χ0v) is 15.4. The second-order valence-electron chi connectivity index (χ2n) is 7.52. The Labute approximate surface area is 150 Å². The van der Waals surface area contributed by atoms with Crippen molar-refractivity contribution in [3.05, 3.63) is 18.2 Å². The highest BCUT2D eigenvalue weighted by Crippen LogP contribution is 2.20. The van der Waals surface area contributed by atoms with Gasteiger partial charge in [-0.25, -0.2) is 4.98 Å². The van der Waals surface area contributed by atoms with E-state index in [2.05, 4.69) is 33.2 Å². The van der Waals surface area contributed by atoms with Gasteiger partial charge in [-0.1, -0.05) is 0 Å². The van der Waals surface area contributed by atoms with Gasteiger partial charge in [-0.15, -0.1) is 0 Å². The fraction of sp³-hybridized carbons (Fsp3) is 0.778. The summed E-state index contributed by atoms with van der Waals surface area (Å²) in [5.74, 6) is 0.724. The lowest BCUT2D eigenvalue weighted by atomic mass is 10.0. The molecule has 2 N–H and O–H groups in total. The zero-order valence-electron chi connectivity index (χ0n) is 15.4. The Balaban J connectivity index is 1.69. The number of hydrogen-bond donors (Lipinski definition) is 1. The van der Waals surface area contributed by atoms with Gasteiger partial charge in [0.2, 0.25) is 5.91 Å². The van der Waals surface area contributed by atoms with E-state index in [4.69, 9.17) is 10.5 Å². The number of carbonyl (C=O) groups is 1. The number of carbonyl (C=O) groups excluding carboxylic acids is 1. The SMILES string of the molecule is CC(C)n1ccnc1CN1CCN(C2CCOCC2)C[C@@H](C(N)=O)C1. The first kappa shape index (κ1) is 18.4. The molecule has 1 amide bonds. The minimum atomic E-state index is -0.198. The molecular weight excluding hydrogens is 318 g/mol. The molecule has 140 valence electrons. The molecule has 2 aliphatic heterocycles. The number of hydrogen-bond acceptors (Lipinski definition) is 5. The maximum absolute atomic E-state index is 12.0. The van der Waals surface area contributed by atoms with Gasteiger partial charge in [0, 0.05) is 63.9 Å². The van der Waals surface area contributed by atoms with Crippen LogP contribution in [0.4, 0.5) is 0 Å². The van der Waals surface area contributed by atoms with E-state index in [1.165, 1.54) is 0 Å². The van der Waals surface area contributed by atoms with Crippen LogP contribution >= 0.6 is 0 Å². The van der Waals surface area contributed by atoms with Gasteiger partial charge in [0.15, 0.2) is 0 Å². The fourth-order valence-electron chi connectivity index (χ4n) is 3.95. The van der Waals surface area contributed by atoms with E-state index in [0.717, 1.165) is 58.1 Å². The second-order valence-corrected chi connectivity index (χ2v) is 7.52. The summed E-state index contributed by atoms with van der Waals surface area (Å²) in [6.07, 6.45) is 5.97. The third kappa shape index (κ3) is 4.59. The summed E-state index contributed by atoms with van der Waals surface area (Å²) in [7, 11) is 0. The van der Waals surface area contributed by atoms with Gasteiger partial charge < -0.3 is 15.0 Å². The van der Waals surface area contributed by atoms with E-state index in [0.29, 0.717) is 18.6 Å². The highest BCUT2D eigenvalue weighted by molar-refractivity contribution is 5.77. The number of primary amides is 1. The molecule has 0 unspecified atom stereocenters. The van der Waals surface area contributed by atoms with E-state index < -0.39 is 0 Å². The summed E-state index contributed by atoms with van der Waals surface area (Å²) < 4.78 is 7.68. The summed E-state index contributed by atoms with van der Waals surface area (Å²) in [5, 5.41) is 0. The smallest absolute Gasteiger partial charge is 0.223 e. The molecule has 2 fully saturated rings. The third-order valence-electron chi connectivity index (χ3n) is 5.42. The first-order valence-corrected chi connectivity index (χ1v) is 9.39. The molecule has 3 rings (SSSR count). The third-order valence-corrected chi connectivity index (χ3v) is 5.42. The Morgan fingerprint density at radius 3 is 2.76 bits per heavy atom. The van der Waals surface area contributed by atoms with Crippen molar-refractivity contribution in [2.75, 3.05) is 39.4 Å². The lowest BCUT2D eigenvalue weighted by Gasteiger charge is -2.34. The van der Waals surface area contributed by atoms with Gasteiger partial charge in [0.25, 0.3) is 0 Å². The van der Waals surface area contributed by atoms with Gasteiger partial charge in [0.1, 0.15) is 5.82 Å². The van der Waals surface area contributed by atoms with E-state index >= 15 is 0 Å². The number of nitrogens with two attached hydrogens (primary N) is 1. The minimum absolute atomic E-state index is 0.132. The first-order valence-electron chi connectivity index (χ1n) is 9.39. The highest BCUT2D eigenvalue weighted by atomic mass is 16.5. The van der Waals surface area contributed by atoms with Crippen molar-refractivity contribution in [3.8, 4) is 0 Å². The van der Waals surface area contributed by atoms with Crippen LogP contribution in [-0.2, 0) is 16.1 Å². The van der Waals surface area contributed by atoms with Crippen LogP contribution in [0.1, 0.15) is 38.6 Å². The molecule has 2 aliphatic rings. The Morgan fingerprint density at radius 1 is 1.32 bits per heavy atom. The second kappa shape index (κ2) is 8.29. The molecule has 0 spiro atoms. The minimum Gasteiger partial charge on any atom is -0.381 e. The van der Waals surface area contributed by atoms with Crippen LogP contribution in [0.5, 0.6) is 0 Å². The normalized spacial score (nSPS) is 24.5. The molecule has 0 aromatic carbocycles. The van der Waals surface area contributed by atoms with Gasteiger partial charge in [-0.3, -0.25) is 14.6 Å². The Bertz CT molecular complexity index is 568. The fourth-order valence-corrected chi connectivity index (χ4v) is 3.95. The topological polar surface area (TPSA) is 76.6 Å². The Hall–Kier alpha value is -1.44. The standard InChI is InChI=1S/C18H31N5O2/c1-14(2)23-6-5-20-17(23)13-21-7-8-22(12-15(11-21)18(19)24)16-3-9-25-10-4-16/h5-6,14-16H,3-4,7-13H2,1-2H3,(H2,19,24)/t15-/m0/s1. The highest BCUT2D eigenvalue weighted by Gasteiger charge is 2.31. The van der Waals surface area contributed by atoms with Gasteiger partial charge >= 0.3 is 0 Å². The van der Waals surface area contributed by atoms with E-state index in [1.54, 1.807) is 0 Å². The summed E-state index contributed by atoms with van der Waals surface area (Å²) in [5.41, 5.74) is 5.70. The number of imidazole rings is 1. The van der Waals surface area contributed by atoms with Crippen LogP contribution < -0.4 is 5.73 Å². The van der Waals surface area contributed by atoms with Crippen LogP contribution in [-0.4, -0.2) is 70.7 Å². The number of rotatable bonds is 5. The quantitative estimate of drug-likeness (QED) is 0.853. The molecule has 0 bridgehead atoms. The van der Waals surface area contributed by atoms with Crippen LogP contribution in [0, 0.1) is 5.92 Å². The summed E-state index contributed by atoms with van der Waals surface area (Å²) in [6.45, 7) is 10.1. The molecule has 0 aliphatic carbocycles. The number of amides is 1. The predicted molar refractivity (Wildman–Crippen MR) is 96.0 cm³/mol. The Morgan fingerprint density at radius 2 is 2.08 bits per heavy atom. The van der Waals surface area contributed by atoms with Crippen molar-refractivity contribution >= 4 is 5.91 Å². The molecule has 25 heavy (non-hydrogen) atoms. The molecule has 7 heteroatoms. The van der Waals surface area contributed by atoms with Crippen molar-refractivity contribution in [2.24, 2.45) is 11.7 Å². The van der Waals surface area contributed by atoms with E-state index in [9.17, 15) is 4.79 Å². The lowest BCUT2D eigenvalue weighted by molar-refractivity contribution is -0.122. The van der Waals surface area contributed by atoms with Crippen LogP contribution in [0.3, 0.4) is 0 Å². The van der Waals surface area contributed by atoms with Crippen LogP contribution in [0.2, 0.25) is 0 Å². The maximum atomic E-state index is 12.0. The number of nitrogens with zero attached hydrogens (tertiary/aromatic N) is 4. The van der Waals surface area contributed by atoms with E-state index in [1.807, 2.05) is 12.4 Å². The predicted octanol–water partition coefficient (Wildman–Crippen LogP) is 0.862. The van der Waals surface area contributed by atoms with Gasteiger partial charge in [-0.2, -0.15) is 0 Å². The summed E-state index contributed by atoms with van der Waals surface area (Å²) in [6, 6.07) is 0.892. The largest absolute Gasteiger partial charge is 0.381 e. The summed E-state index contributed by atoms with van der Waals surface area (Å²) in [4.78, 5) is 21.3. The zero-order chi connectivity index (χ0) is 17.8. The maximum Gasteiger partial charge on any atom is 0.223 e. The molecule has 1 aromatic heterocycles. The molecular formula is C18H31N5O2. The molecule has 0 saturated carbocycles. The molecule has 1 aromatic rings. The molecule has 0 radical (unpaired) electrons.